The fraction of sp³-hybridized carbons (Fsp3) is 0.227. The second-order valence-electron chi connectivity index (χ2n) is 7.20. The first-order valence-corrected chi connectivity index (χ1v) is 9.97. The van der Waals surface area contributed by atoms with E-state index >= 15 is 0 Å². The number of pyridine rings is 1. The highest BCUT2D eigenvalue weighted by Gasteiger charge is 2.18. The van der Waals surface area contributed by atoms with Gasteiger partial charge in [-0.15, -0.1) is 0 Å². The second kappa shape index (κ2) is 8.86. The smallest absolute Gasteiger partial charge is 0.253 e. The van der Waals surface area contributed by atoms with Crippen molar-refractivity contribution >= 4 is 5.91 Å². The van der Waals surface area contributed by atoms with Gasteiger partial charge in [-0.25, -0.2) is 4.39 Å². The van der Waals surface area contributed by atoms with Crippen LogP contribution >= 0.6 is 0 Å². The molecular weight excluding hydrogens is 397 g/mol. The summed E-state index contributed by atoms with van der Waals surface area (Å²) in [5.41, 5.74) is 3.33. The van der Waals surface area contributed by atoms with Gasteiger partial charge in [0.1, 0.15) is 11.5 Å². The Bertz CT molecular complexity index is 1170. The van der Waals surface area contributed by atoms with Crippen LogP contribution in [0.5, 0.6) is 0 Å². The fourth-order valence-corrected chi connectivity index (χ4v) is 3.24. The molecule has 1 aromatic carbocycles. The van der Waals surface area contributed by atoms with E-state index in [1.807, 2.05) is 44.3 Å². The van der Waals surface area contributed by atoms with Crippen LogP contribution in [0.2, 0.25) is 0 Å². The Balaban J connectivity index is 1.50. The molecule has 0 spiro atoms. The summed E-state index contributed by atoms with van der Waals surface area (Å²) in [6.07, 6.45) is 6.85. The summed E-state index contributed by atoms with van der Waals surface area (Å²) >= 11 is 0. The number of aryl methyl sites for hydroxylation is 1. The van der Waals surface area contributed by atoms with Crippen LogP contribution in [-0.2, 0) is 6.54 Å². The standard InChI is InChI=1S/C22H22FN7O/c1-3-17(14-29-11-8-20(28-29)19-6-5-16(23)13-24-19)27-22(31)18-12-15(2)4-7-21(18)30-25-9-10-26-30/h4-13,17H,3,14H2,1-2H3,(H,27,31)/t17-/m0/s1. The predicted molar refractivity (Wildman–Crippen MR) is 113 cm³/mol. The first-order chi connectivity index (χ1) is 15.0. The van der Waals surface area contributed by atoms with Crippen molar-refractivity contribution in [2.75, 3.05) is 0 Å². The maximum absolute atomic E-state index is 13.1. The highest BCUT2D eigenvalue weighted by Crippen LogP contribution is 2.17. The van der Waals surface area contributed by atoms with Gasteiger partial charge in [0, 0.05) is 12.2 Å². The van der Waals surface area contributed by atoms with Crippen LogP contribution in [0.3, 0.4) is 0 Å². The molecule has 0 saturated carbocycles. The zero-order valence-corrected chi connectivity index (χ0v) is 17.2. The van der Waals surface area contributed by atoms with Gasteiger partial charge in [-0.1, -0.05) is 18.6 Å². The number of amides is 1. The van der Waals surface area contributed by atoms with Crippen molar-refractivity contribution in [3.05, 3.63) is 78.1 Å². The number of carbonyl (C=O) groups excluding carboxylic acids is 1. The number of carbonyl (C=O) groups is 1. The highest BCUT2D eigenvalue weighted by molar-refractivity contribution is 5.98. The molecule has 0 fully saturated rings. The normalized spacial score (nSPS) is 12.0. The third kappa shape index (κ3) is 4.66. The van der Waals surface area contributed by atoms with Crippen molar-refractivity contribution < 1.29 is 9.18 Å². The van der Waals surface area contributed by atoms with Crippen LogP contribution in [0.1, 0.15) is 29.3 Å². The number of nitrogens with zero attached hydrogens (tertiary/aromatic N) is 6. The maximum Gasteiger partial charge on any atom is 0.253 e. The molecule has 8 nitrogen and oxygen atoms in total. The molecule has 0 aliphatic heterocycles. The van der Waals surface area contributed by atoms with Gasteiger partial charge in [0.05, 0.1) is 42.1 Å². The summed E-state index contributed by atoms with van der Waals surface area (Å²) in [5.74, 6) is -0.590. The first kappa shape index (κ1) is 20.4. The Hall–Kier alpha value is -3.88. The molecule has 4 aromatic rings. The number of nitrogens with one attached hydrogen (secondary N) is 1. The molecule has 4 rings (SSSR count). The summed E-state index contributed by atoms with van der Waals surface area (Å²) in [4.78, 5) is 18.6. The van der Waals surface area contributed by atoms with Crippen LogP contribution in [0, 0.1) is 12.7 Å². The summed E-state index contributed by atoms with van der Waals surface area (Å²) < 4.78 is 14.8. The fourth-order valence-electron chi connectivity index (χ4n) is 3.24. The maximum atomic E-state index is 13.1. The van der Waals surface area contributed by atoms with Gasteiger partial charge in [0.2, 0.25) is 0 Å². The first-order valence-electron chi connectivity index (χ1n) is 9.97. The van der Waals surface area contributed by atoms with Crippen LogP contribution in [0.15, 0.2) is 61.2 Å². The number of hydrogen-bond acceptors (Lipinski definition) is 5. The van der Waals surface area contributed by atoms with E-state index in [1.54, 1.807) is 23.1 Å². The van der Waals surface area contributed by atoms with E-state index in [2.05, 4.69) is 25.6 Å². The largest absolute Gasteiger partial charge is 0.347 e. The average Bonchev–Trinajstić information content (AvgIpc) is 3.46. The minimum atomic E-state index is -0.391. The van der Waals surface area contributed by atoms with Crippen molar-refractivity contribution in [3.8, 4) is 17.1 Å². The number of benzene rings is 1. The molecular formula is C22H22FN7O. The third-order valence-electron chi connectivity index (χ3n) is 4.90. The lowest BCUT2D eigenvalue weighted by atomic mass is 10.1. The number of rotatable bonds is 7. The van der Waals surface area contributed by atoms with E-state index in [0.717, 1.165) is 18.2 Å². The highest BCUT2D eigenvalue weighted by atomic mass is 19.1. The summed E-state index contributed by atoms with van der Waals surface area (Å²) in [6.45, 7) is 4.43. The van der Waals surface area contributed by atoms with Gasteiger partial charge < -0.3 is 5.32 Å². The van der Waals surface area contributed by atoms with Gasteiger partial charge in [-0.05, 0) is 43.7 Å². The lowest BCUT2D eigenvalue weighted by Gasteiger charge is -2.18. The summed E-state index contributed by atoms with van der Waals surface area (Å²) in [7, 11) is 0. The minimum absolute atomic E-state index is 0.139. The van der Waals surface area contributed by atoms with E-state index in [-0.39, 0.29) is 11.9 Å². The molecule has 1 N–H and O–H groups in total. The van der Waals surface area contributed by atoms with Crippen molar-refractivity contribution in [3.63, 3.8) is 0 Å². The van der Waals surface area contributed by atoms with Crippen LogP contribution < -0.4 is 5.32 Å². The zero-order chi connectivity index (χ0) is 21.8. The quantitative estimate of drug-likeness (QED) is 0.497. The molecule has 3 heterocycles. The van der Waals surface area contributed by atoms with Crippen LogP contribution in [0.4, 0.5) is 4.39 Å². The molecule has 1 amide bonds. The van der Waals surface area contributed by atoms with Crippen molar-refractivity contribution in [1.29, 1.82) is 0 Å². The van der Waals surface area contributed by atoms with Crippen molar-refractivity contribution in [1.82, 2.24) is 35.1 Å². The monoisotopic (exact) mass is 419 g/mol. The molecule has 0 unspecified atom stereocenters. The molecule has 0 saturated heterocycles. The molecule has 1 atom stereocenters. The van der Waals surface area contributed by atoms with E-state index in [0.29, 0.717) is 29.2 Å². The third-order valence-corrected chi connectivity index (χ3v) is 4.90. The van der Waals surface area contributed by atoms with Gasteiger partial charge in [0.15, 0.2) is 0 Å². The molecule has 0 aliphatic rings. The second-order valence-corrected chi connectivity index (χ2v) is 7.20. The SMILES string of the molecule is CC[C@@H](Cn1ccc(-c2ccc(F)cn2)n1)NC(=O)c1cc(C)ccc1-n1nccn1. The van der Waals surface area contributed by atoms with Gasteiger partial charge in [-0.3, -0.25) is 14.5 Å². The topological polar surface area (TPSA) is 90.5 Å². The lowest BCUT2D eigenvalue weighted by Crippen LogP contribution is -2.38. The predicted octanol–water partition coefficient (Wildman–Crippen LogP) is 3.18. The van der Waals surface area contributed by atoms with Gasteiger partial charge in [0.25, 0.3) is 5.91 Å². The van der Waals surface area contributed by atoms with Crippen molar-refractivity contribution in [2.45, 2.75) is 32.9 Å². The minimum Gasteiger partial charge on any atom is -0.347 e. The molecule has 3 aromatic heterocycles. The molecule has 0 aliphatic carbocycles. The lowest BCUT2D eigenvalue weighted by molar-refractivity contribution is 0.0930. The Morgan fingerprint density at radius 3 is 2.65 bits per heavy atom. The molecule has 31 heavy (non-hydrogen) atoms. The van der Waals surface area contributed by atoms with Crippen LogP contribution in [-0.4, -0.2) is 41.7 Å². The van der Waals surface area contributed by atoms with Crippen molar-refractivity contribution in [2.24, 2.45) is 0 Å². The molecule has 0 radical (unpaired) electrons. The van der Waals surface area contributed by atoms with Crippen LogP contribution in [0.25, 0.3) is 17.1 Å². The number of aromatic nitrogens is 6. The average molecular weight is 419 g/mol. The Labute approximate surface area is 178 Å². The summed E-state index contributed by atoms with van der Waals surface area (Å²) in [6, 6.07) is 10.2. The Morgan fingerprint density at radius 2 is 1.94 bits per heavy atom. The number of halogens is 1. The molecule has 9 heteroatoms. The molecule has 0 bridgehead atoms. The zero-order valence-electron chi connectivity index (χ0n) is 17.2. The Morgan fingerprint density at radius 1 is 1.13 bits per heavy atom. The van der Waals surface area contributed by atoms with E-state index in [4.69, 9.17) is 0 Å². The van der Waals surface area contributed by atoms with E-state index in [1.165, 1.54) is 10.9 Å². The van der Waals surface area contributed by atoms with E-state index < -0.39 is 5.82 Å². The summed E-state index contributed by atoms with van der Waals surface area (Å²) in [5, 5.41) is 15.9. The van der Waals surface area contributed by atoms with Gasteiger partial charge in [-0.2, -0.15) is 20.1 Å². The van der Waals surface area contributed by atoms with Gasteiger partial charge >= 0.3 is 0 Å². The van der Waals surface area contributed by atoms with E-state index in [9.17, 15) is 9.18 Å². The Kier molecular flexibility index (Phi) is 5.83. The number of hydrogen-bond donors (Lipinski definition) is 1. The molecule has 158 valence electrons.